The van der Waals surface area contributed by atoms with E-state index in [0.717, 1.165) is 0 Å². The smallest absolute Gasteiger partial charge is 0.448 e. The molecule has 0 unspecified atom stereocenters. The van der Waals surface area contributed by atoms with Crippen molar-refractivity contribution < 1.29 is 17.6 Å². The third-order valence-electron chi connectivity index (χ3n) is 3.14. The van der Waals surface area contributed by atoms with E-state index in [2.05, 4.69) is 19.9 Å². The molecule has 0 bridgehead atoms. The summed E-state index contributed by atoms with van der Waals surface area (Å²) >= 11 is 0. The van der Waals surface area contributed by atoms with E-state index in [1.54, 1.807) is 0 Å². The topological polar surface area (TPSA) is 95.7 Å². The first-order chi connectivity index (χ1) is 10.8. The van der Waals surface area contributed by atoms with Crippen molar-refractivity contribution in [2.45, 2.75) is 32.5 Å². The van der Waals surface area contributed by atoms with Gasteiger partial charge in [0, 0.05) is 5.92 Å². The van der Waals surface area contributed by atoms with Gasteiger partial charge in [-0.1, -0.05) is 13.8 Å². The average Bonchev–Trinajstić information content (AvgIpc) is 3.06. The van der Waals surface area contributed by atoms with Crippen molar-refractivity contribution in [3.8, 4) is 0 Å². The van der Waals surface area contributed by atoms with E-state index < -0.39 is 12.0 Å². The minimum Gasteiger partial charge on any atom is -0.448 e. The number of hydrogen-bond donors (Lipinski definition) is 1. The van der Waals surface area contributed by atoms with Gasteiger partial charge >= 0.3 is 6.18 Å². The SMILES string of the molecule is CC(C)c1nc(Cn2cnc3c(N)nc(C(F)(F)F)nc32)co1. The number of aromatic nitrogens is 5. The number of fused-ring (bicyclic) bond motifs is 1. The number of hydrogen-bond acceptors (Lipinski definition) is 6. The number of rotatable bonds is 3. The summed E-state index contributed by atoms with van der Waals surface area (Å²) in [5.41, 5.74) is 6.21. The number of nitrogens with two attached hydrogens (primary N) is 1. The van der Waals surface area contributed by atoms with E-state index >= 15 is 0 Å². The van der Waals surface area contributed by atoms with E-state index in [-0.39, 0.29) is 29.4 Å². The second-order valence-corrected chi connectivity index (χ2v) is 5.31. The minimum absolute atomic E-state index is 0.000998. The highest BCUT2D eigenvalue weighted by atomic mass is 19.4. The van der Waals surface area contributed by atoms with Gasteiger partial charge in [0.25, 0.3) is 0 Å². The lowest BCUT2D eigenvalue weighted by Gasteiger charge is -2.07. The summed E-state index contributed by atoms with van der Waals surface area (Å²) in [4.78, 5) is 15.0. The van der Waals surface area contributed by atoms with Crippen LogP contribution in [0.4, 0.5) is 19.0 Å². The zero-order chi connectivity index (χ0) is 16.8. The Kier molecular flexibility index (Phi) is 3.46. The van der Waals surface area contributed by atoms with Gasteiger partial charge in [0.15, 0.2) is 17.4 Å². The van der Waals surface area contributed by atoms with E-state index in [0.29, 0.717) is 11.6 Å². The van der Waals surface area contributed by atoms with Crippen molar-refractivity contribution in [2.75, 3.05) is 5.73 Å². The Morgan fingerprint density at radius 1 is 1.26 bits per heavy atom. The number of nitrogens with zero attached hydrogens (tertiary/aromatic N) is 5. The number of nitrogen functional groups attached to an aromatic ring is 1. The van der Waals surface area contributed by atoms with Gasteiger partial charge in [-0.3, -0.25) is 0 Å². The molecule has 0 saturated carbocycles. The van der Waals surface area contributed by atoms with Crippen molar-refractivity contribution in [2.24, 2.45) is 0 Å². The number of halogens is 3. The van der Waals surface area contributed by atoms with Crippen LogP contribution in [-0.2, 0) is 12.7 Å². The lowest BCUT2D eigenvalue weighted by Crippen LogP contribution is -2.13. The van der Waals surface area contributed by atoms with Crippen molar-refractivity contribution in [3.63, 3.8) is 0 Å². The van der Waals surface area contributed by atoms with Gasteiger partial charge in [-0.05, 0) is 0 Å². The summed E-state index contributed by atoms with van der Waals surface area (Å²) < 4.78 is 45.2. The zero-order valence-corrected chi connectivity index (χ0v) is 12.3. The molecule has 0 atom stereocenters. The van der Waals surface area contributed by atoms with Gasteiger partial charge in [-0.2, -0.15) is 13.2 Å². The van der Waals surface area contributed by atoms with E-state index in [9.17, 15) is 13.2 Å². The predicted molar refractivity (Wildman–Crippen MR) is 74.4 cm³/mol. The van der Waals surface area contributed by atoms with Crippen molar-refractivity contribution in [3.05, 3.63) is 30.0 Å². The van der Waals surface area contributed by atoms with Gasteiger partial charge in [0.1, 0.15) is 11.8 Å². The molecule has 0 aliphatic rings. The molecule has 3 aromatic heterocycles. The third kappa shape index (κ3) is 2.83. The van der Waals surface area contributed by atoms with Crippen molar-refractivity contribution in [1.82, 2.24) is 24.5 Å². The fourth-order valence-corrected chi connectivity index (χ4v) is 2.04. The van der Waals surface area contributed by atoms with Crippen LogP contribution in [-0.4, -0.2) is 24.5 Å². The van der Waals surface area contributed by atoms with Crippen LogP contribution in [0.2, 0.25) is 0 Å². The first-order valence-corrected chi connectivity index (χ1v) is 6.75. The van der Waals surface area contributed by atoms with Gasteiger partial charge in [-0.25, -0.2) is 19.9 Å². The molecule has 7 nitrogen and oxygen atoms in total. The average molecular weight is 326 g/mol. The maximum Gasteiger partial charge on any atom is 0.451 e. The van der Waals surface area contributed by atoms with Gasteiger partial charge in [0.05, 0.1) is 18.6 Å². The Hall–Kier alpha value is -2.65. The molecule has 3 rings (SSSR count). The molecule has 3 aromatic rings. The molecule has 0 amide bonds. The van der Waals surface area contributed by atoms with Crippen molar-refractivity contribution in [1.29, 1.82) is 0 Å². The maximum atomic E-state index is 12.8. The van der Waals surface area contributed by atoms with Crippen LogP contribution in [0.1, 0.15) is 37.2 Å². The largest absolute Gasteiger partial charge is 0.451 e. The van der Waals surface area contributed by atoms with Gasteiger partial charge in [-0.15, -0.1) is 0 Å². The summed E-state index contributed by atoms with van der Waals surface area (Å²) in [6, 6.07) is 0. The Labute approximate surface area is 128 Å². The summed E-state index contributed by atoms with van der Waals surface area (Å²) in [5.74, 6) is -0.955. The number of anilines is 1. The molecule has 23 heavy (non-hydrogen) atoms. The minimum atomic E-state index is -4.68. The predicted octanol–water partition coefficient (Wildman–Crippen LogP) is 2.59. The molecule has 10 heteroatoms. The summed E-state index contributed by atoms with van der Waals surface area (Å²) in [6.45, 7) is 4.01. The normalized spacial score (nSPS) is 12.4. The molecule has 2 N–H and O–H groups in total. The number of oxazole rings is 1. The van der Waals surface area contributed by atoms with Crippen LogP contribution in [0.3, 0.4) is 0 Å². The van der Waals surface area contributed by atoms with Crippen LogP contribution in [0, 0.1) is 0 Å². The molecule has 0 saturated heterocycles. The summed E-state index contributed by atoms with van der Waals surface area (Å²) in [6.07, 6.45) is -1.88. The number of alkyl halides is 3. The first kappa shape index (κ1) is 15.3. The molecule has 0 aliphatic carbocycles. The molecule has 0 radical (unpaired) electrons. The highest BCUT2D eigenvalue weighted by molar-refractivity contribution is 5.81. The molecule has 0 spiro atoms. The van der Waals surface area contributed by atoms with Crippen molar-refractivity contribution >= 4 is 17.0 Å². The molecule has 0 fully saturated rings. The Morgan fingerprint density at radius 3 is 2.61 bits per heavy atom. The van der Waals surface area contributed by atoms with E-state index in [1.165, 1.54) is 17.2 Å². The highest BCUT2D eigenvalue weighted by Crippen LogP contribution is 2.29. The molecule has 3 heterocycles. The van der Waals surface area contributed by atoms with E-state index in [1.807, 2.05) is 13.8 Å². The van der Waals surface area contributed by atoms with Gasteiger partial charge in [0.2, 0.25) is 5.82 Å². The zero-order valence-electron chi connectivity index (χ0n) is 12.3. The quantitative estimate of drug-likeness (QED) is 0.795. The molecule has 0 aliphatic heterocycles. The molecular weight excluding hydrogens is 313 g/mol. The lowest BCUT2D eigenvalue weighted by molar-refractivity contribution is -0.144. The van der Waals surface area contributed by atoms with E-state index in [4.69, 9.17) is 10.2 Å². The molecule has 0 aromatic carbocycles. The Morgan fingerprint density at radius 2 is 2.00 bits per heavy atom. The van der Waals surface area contributed by atoms with Crippen LogP contribution >= 0.6 is 0 Å². The Bertz CT molecular complexity index is 851. The summed E-state index contributed by atoms with van der Waals surface area (Å²) in [7, 11) is 0. The van der Waals surface area contributed by atoms with Crippen LogP contribution in [0.5, 0.6) is 0 Å². The third-order valence-corrected chi connectivity index (χ3v) is 3.14. The maximum absolute atomic E-state index is 12.8. The van der Waals surface area contributed by atoms with Crippen LogP contribution in [0.15, 0.2) is 17.0 Å². The van der Waals surface area contributed by atoms with Crippen LogP contribution in [0.25, 0.3) is 11.2 Å². The standard InChI is InChI=1S/C13H13F3N6O/c1-6(2)11-19-7(4-23-11)3-22-5-18-8-9(17)20-12(13(14,15)16)21-10(8)22/h4-6H,3H2,1-2H3,(H2,17,20,21). The first-order valence-electron chi connectivity index (χ1n) is 6.75. The lowest BCUT2D eigenvalue weighted by atomic mass is 10.2. The van der Waals surface area contributed by atoms with Gasteiger partial charge < -0.3 is 14.7 Å². The Balaban J connectivity index is 2.02. The summed E-state index contributed by atoms with van der Waals surface area (Å²) in [5, 5.41) is 0. The fourth-order valence-electron chi connectivity index (χ4n) is 2.04. The monoisotopic (exact) mass is 326 g/mol. The highest BCUT2D eigenvalue weighted by Gasteiger charge is 2.36. The second kappa shape index (κ2) is 5.21. The second-order valence-electron chi connectivity index (χ2n) is 5.31. The fraction of sp³-hybridized carbons (Fsp3) is 0.385. The number of imidazole rings is 1. The van der Waals surface area contributed by atoms with Crippen LogP contribution < -0.4 is 5.73 Å². The molecule has 122 valence electrons. The molecular formula is C13H13F3N6O.